The van der Waals surface area contributed by atoms with Crippen molar-refractivity contribution in [2.75, 3.05) is 6.26 Å². The molecule has 92 valence electrons. The Hall–Kier alpha value is -1.40. The molecule has 0 atom stereocenters. The monoisotopic (exact) mass is 253 g/mol. The highest BCUT2D eigenvalue weighted by atomic mass is 32.2. The Balaban J connectivity index is 2.45. The van der Waals surface area contributed by atoms with Gasteiger partial charge < -0.3 is 4.40 Å². The third-order valence-corrected chi connectivity index (χ3v) is 3.08. The predicted octanol–water partition coefficient (Wildman–Crippen LogP) is 1.00. The lowest BCUT2D eigenvalue weighted by Crippen LogP contribution is -2.21. The van der Waals surface area contributed by atoms with Crippen molar-refractivity contribution >= 4 is 15.7 Å². The van der Waals surface area contributed by atoms with Crippen LogP contribution in [0, 0.1) is 13.8 Å². The van der Waals surface area contributed by atoms with E-state index in [0.29, 0.717) is 0 Å². The van der Waals surface area contributed by atoms with Gasteiger partial charge in [0.25, 0.3) is 0 Å². The first kappa shape index (κ1) is 12.1. The Labute approximate surface area is 101 Å². The van der Waals surface area contributed by atoms with Crippen molar-refractivity contribution in [3.8, 4) is 0 Å². The van der Waals surface area contributed by atoms with Gasteiger partial charge in [0.2, 0.25) is 10.0 Å². The van der Waals surface area contributed by atoms with E-state index in [0.717, 1.165) is 28.7 Å². The van der Waals surface area contributed by atoms with E-state index < -0.39 is 10.0 Å². The summed E-state index contributed by atoms with van der Waals surface area (Å²) in [5.74, 6) is 0. The van der Waals surface area contributed by atoms with Gasteiger partial charge >= 0.3 is 0 Å². The molecule has 0 bridgehead atoms. The second-order valence-electron chi connectivity index (χ2n) is 4.25. The van der Waals surface area contributed by atoms with Crippen molar-refractivity contribution in [1.29, 1.82) is 0 Å². The Kier molecular flexibility index (Phi) is 2.92. The lowest BCUT2D eigenvalue weighted by atomic mass is 10.2. The first-order valence-corrected chi connectivity index (χ1v) is 7.14. The van der Waals surface area contributed by atoms with Gasteiger partial charge in [-0.1, -0.05) is 0 Å². The zero-order valence-corrected chi connectivity index (χ0v) is 10.9. The molecule has 0 fully saturated rings. The molecule has 0 radical (unpaired) electrons. The maximum Gasteiger partial charge on any atom is 0.209 e. The fourth-order valence-corrected chi connectivity index (χ4v) is 2.20. The van der Waals surface area contributed by atoms with Gasteiger partial charge in [0.1, 0.15) is 5.65 Å². The van der Waals surface area contributed by atoms with E-state index >= 15 is 0 Å². The van der Waals surface area contributed by atoms with Crippen molar-refractivity contribution in [2.24, 2.45) is 0 Å². The molecule has 2 heterocycles. The third-order valence-electron chi connectivity index (χ3n) is 2.41. The quantitative estimate of drug-likeness (QED) is 0.887. The number of nitrogens with zero attached hydrogens (tertiary/aromatic N) is 2. The second kappa shape index (κ2) is 4.12. The molecule has 2 aromatic rings. The van der Waals surface area contributed by atoms with Crippen LogP contribution in [0.5, 0.6) is 0 Å². The molecule has 2 rings (SSSR count). The minimum absolute atomic E-state index is 0.264. The summed E-state index contributed by atoms with van der Waals surface area (Å²) in [6.45, 7) is 4.15. The van der Waals surface area contributed by atoms with Gasteiger partial charge in [-0.2, -0.15) is 0 Å². The molecule has 0 aliphatic carbocycles. The average molecular weight is 253 g/mol. The average Bonchev–Trinajstić information content (AvgIpc) is 2.53. The Bertz CT molecular complexity index is 659. The second-order valence-corrected chi connectivity index (χ2v) is 6.08. The van der Waals surface area contributed by atoms with Crippen LogP contribution in [-0.4, -0.2) is 24.1 Å². The van der Waals surface area contributed by atoms with Gasteiger partial charge in [0.15, 0.2) is 0 Å². The summed E-state index contributed by atoms with van der Waals surface area (Å²) < 4.78 is 26.6. The van der Waals surface area contributed by atoms with Gasteiger partial charge in [-0.05, 0) is 25.5 Å². The van der Waals surface area contributed by atoms with Crippen LogP contribution in [-0.2, 0) is 16.6 Å². The summed E-state index contributed by atoms with van der Waals surface area (Å²) in [6, 6.07) is 1.94. The molecule has 0 spiro atoms. The van der Waals surface area contributed by atoms with Crippen LogP contribution in [0.15, 0.2) is 18.5 Å². The summed E-state index contributed by atoms with van der Waals surface area (Å²) >= 11 is 0. The summed E-state index contributed by atoms with van der Waals surface area (Å²) in [6.07, 6.45) is 5.04. The van der Waals surface area contributed by atoms with Crippen molar-refractivity contribution < 1.29 is 8.42 Å². The number of fused-ring (bicyclic) bond motifs is 1. The zero-order chi connectivity index (χ0) is 12.6. The van der Waals surface area contributed by atoms with Crippen LogP contribution < -0.4 is 4.72 Å². The third kappa shape index (κ3) is 2.83. The van der Waals surface area contributed by atoms with Crippen molar-refractivity contribution in [2.45, 2.75) is 20.4 Å². The molecule has 0 unspecified atom stereocenters. The molecule has 0 amide bonds. The zero-order valence-electron chi connectivity index (χ0n) is 10.1. The van der Waals surface area contributed by atoms with Crippen LogP contribution >= 0.6 is 0 Å². The number of rotatable bonds is 3. The number of sulfonamides is 1. The van der Waals surface area contributed by atoms with E-state index in [2.05, 4.69) is 9.71 Å². The summed E-state index contributed by atoms with van der Waals surface area (Å²) in [5, 5.41) is 0. The predicted molar refractivity (Wildman–Crippen MR) is 66.3 cm³/mol. The molecule has 0 saturated carbocycles. The minimum atomic E-state index is -3.18. The minimum Gasteiger partial charge on any atom is -0.306 e. The molecule has 0 aliphatic heterocycles. The van der Waals surface area contributed by atoms with E-state index in [-0.39, 0.29) is 6.54 Å². The van der Waals surface area contributed by atoms with Crippen LogP contribution in [0.2, 0.25) is 0 Å². The molecule has 0 aromatic carbocycles. The number of aryl methyl sites for hydroxylation is 2. The van der Waals surface area contributed by atoms with Gasteiger partial charge in [-0.3, -0.25) is 0 Å². The van der Waals surface area contributed by atoms with Gasteiger partial charge in [-0.25, -0.2) is 18.1 Å². The van der Waals surface area contributed by atoms with Crippen LogP contribution in [0.1, 0.15) is 16.8 Å². The number of hydrogen-bond donors (Lipinski definition) is 1. The van der Waals surface area contributed by atoms with Crippen LogP contribution in [0.25, 0.3) is 5.65 Å². The maximum atomic E-state index is 11.1. The SMILES string of the molecule is Cc1cc(CNS(C)(=O)=O)c2nc(C)cn2c1. The summed E-state index contributed by atoms with van der Waals surface area (Å²) in [7, 11) is -3.18. The van der Waals surface area contributed by atoms with E-state index in [1.54, 1.807) is 0 Å². The maximum absolute atomic E-state index is 11.1. The molecule has 6 heteroatoms. The van der Waals surface area contributed by atoms with E-state index in [1.807, 2.05) is 36.7 Å². The number of pyridine rings is 1. The van der Waals surface area contributed by atoms with Crippen LogP contribution in [0.3, 0.4) is 0 Å². The number of aromatic nitrogens is 2. The molecule has 5 nitrogen and oxygen atoms in total. The first-order chi connectivity index (χ1) is 7.85. The Morgan fingerprint density at radius 1 is 1.35 bits per heavy atom. The van der Waals surface area contributed by atoms with Gasteiger partial charge in [-0.15, -0.1) is 0 Å². The highest BCUT2D eigenvalue weighted by molar-refractivity contribution is 7.88. The van der Waals surface area contributed by atoms with Crippen molar-refractivity contribution in [3.05, 3.63) is 35.3 Å². The molecule has 1 N–H and O–H groups in total. The number of hydrogen-bond acceptors (Lipinski definition) is 3. The molecule has 2 aromatic heterocycles. The number of imidazole rings is 1. The van der Waals surface area contributed by atoms with Crippen molar-refractivity contribution in [1.82, 2.24) is 14.1 Å². The highest BCUT2D eigenvalue weighted by Gasteiger charge is 2.08. The molecular weight excluding hydrogens is 238 g/mol. The normalized spacial score (nSPS) is 12.2. The largest absolute Gasteiger partial charge is 0.306 e. The summed E-state index contributed by atoms with van der Waals surface area (Å²) in [4.78, 5) is 4.38. The van der Waals surface area contributed by atoms with Crippen LogP contribution in [0.4, 0.5) is 0 Å². The molecular formula is C11H15N3O2S. The molecule has 0 aliphatic rings. The highest BCUT2D eigenvalue weighted by Crippen LogP contribution is 2.13. The molecule has 0 saturated heterocycles. The Morgan fingerprint density at radius 3 is 2.71 bits per heavy atom. The fraction of sp³-hybridized carbons (Fsp3) is 0.364. The lowest BCUT2D eigenvalue weighted by Gasteiger charge is -2.06. The first-order valence-electron chi connectivity index (χ1n) is 5.24. The molecule has 17 heavy (non-hydrogen) atoms. The smallest absolute Gasteiger partial charge is 0.209 e. The van der Waals surface area contributed by atoms with E-state index in [9.17, 15) is 8.42 Å². The topological polar surface area (TPSA) is 63.5 Å². The summed E-state index contributed by atoms with van der Waals surface area (Å²) in [5.41, 5.74) is 3.66. The lowest BCUT2D eigenvalue weighted by molar-refractivity contribution is 0.587. The van der Waals surface area contributed by atoms with Gasteiger partial charge in [0, 0.05) is 24.5 Å². The fourth-order valence-electron chi connectivity index (χ4n) is 1.79. The van der Waals surface area contributed by atoms with E-state index in [4.69, 9.17) is 0 Å². The van der Waals surface area contributed by atoms with Crippen molar-refractivity contribution in [3.63, 3.8) is 0 Å². The van der Waals surface area contributed by atoms with Gasteiger partial charge in [0.05, 0.1) is 11.9 Å². The Morgan fingerprint density at radius 2 is 2.06 bits per heavy atom. The number of nitrogens with one attached hydrogen (secondary N) is 1. The standard InChI is InChI=1S/C11H15N3O2S/c1-8-4-10(5-12-17(3,15)16)11-13-9(2)7-14(11)6-8/h4,6-7,12H,5H2,1-3H3. The van der Waals surface area contributed by atoms with E-state index in [1.165, 1.54) is 0 Å².